The molecule has 1 aliphatic rings. The molecule has 0 bridgehead atoms. The van der Waals surface area contributed by atoms with E-state index in [0.29, 0.717) is 16.7 Å². The Balaban J connectivity index is 0.000000197. The van der Waals surface area contributed by atoms with Crippen molar-refractivity contribution < 1.29 is 22.8 Å². The van der Waals surface area contributed by atoms with Crippen molar-refractivity contribution in [3.05, 3.63) is 137 Å². The van der Waals surface area contributed by atoms with Gasteiger partial charge in [0.15, 0.2) is 11.6 Å². The molecule has 0 amide bonds. The largest absolute Gasteiger partial charge is 0.289 e. The number of ketones is 2. The molecule has 6 heteroatoms. The number of allylic oxidation sites excluding steroid dienone is 2. The fourth-order valence-corrected chi connectivity index (χ4v) is 7.24. The molecule has 36 heavy (non-hydrogen) atoms. The van der Waals surface area contributed by atoms with E-state index in [9.17, 15) is 22.8 Å². The summed E-state index contributed by atoms with van der Waals surface area (Å²) in [5.74, 6) is -1.04. The fraction of sp³-hybridized carbons (Fsp3) is 0.0667. The molecular formula is C30H23F3O2P+. The Morgan fingerprint density at radius 3 is 1.31 bits per heavy atom. The lowest BCUT2D eigenvalue weighted by Gasteiger charge is -2.23. The van der Waals surface area contributed by atoms with Gasteiger partial charge in [0.1, 0.15) is 40.6 Å². The number of Topliss-reactive ketones (excluding diaryl/α,β-unsaturated/α-hetero) is 1. The molecule has 0 spiro atoms. The van der Waals surface area contributed by atoms with Crippen molar-refractivity contribution in [2.24, 2.45) is 0 Å². The zero-order valence-corrected chi connectivity index (χ0v) is 20.6. The van der Waals surface area contributed by atoms with E-state index in [1.54, 1.807) is 67.6 Å². The van der Waals surface area contributed by atoms with Crippen LogP contribution in [0.5, 0.6) is 0 Å². The summed E-state index contributed by atoms with van der Waals surface area (Å²) in [6.45, 7) is 3.73. The Bertz CT molecular complexity index is 1330. The minimum absolute atomic E-state index is 0.0461. The van der Waals surface area contributed by atoms with Crippen molar-refractivity contribution in [1.29, 1.82) is 0 Å². The summed E-state index contributed by atoms with van der Waals surface area (Å²) in [6, 6.07) is 25.9. The second-order valence-electron chi connectivity index (χ2n) is 8.50. The van der Waals surface area contributed by atoms with E-state index < -0.39 is 7.26 Å². The van der Waals surface area contributed by atoms with E-state index in [4.69, 9.17) is 0 Å². The van der Waals surface area contributed by atoms with Gasteiger partial charge >= 0.3 is 0 Å². The zero-order chi connectivity index (χ0) is 25.9. The molecule has 4 aromatic carbocycles. The number of fused-ring (bicyclic) bond motifs is 1. The number of carbonyl (C=O) groups is 2. The number of hydrogen-bond acceptors (Lipinski definition) is 2. The van der Waals surface area contributed by atoms with E-state index in [0.717, 1.165) is 15.9 Å². The summed E-state index contributed by atoms with van der Waals surface area (Å²) >= 11 is 0. The lowest BCUT2D eigenvalue weighted by Crippen LogP contribution is -2.30. The normalized spacial score (nSPS) is 12.9. The highest BCUT2D eigenvalue weighted by atomic mass is 31.2. The van der Waals surface area contributed by atoms with Crippen LogP contribution in [-0.2, 0) is 0 Å². The maximum absolute atomic E-state index is 13.3. The molecule has 0 unspecified atom stereocenters. The van der Waals surface area contributed by atoms with Gasteiger partial charge < -0.3 is 0 Å². The van der Waals surface area contributed by atoms with E-state index in [-0.39, 0.29) is 29.0 Å². The van der Waals surface area contributed by atoms with E-state index in [2.05, 4.69) is 6.66 Å². The van der Waals surface area contributed by atoms with Gasteiger partial charge in [-0.25, -0.2) is 13.2 Å². The number of hydrogen-bond donors (Lipinski definition) is 0. The van der Waals surface area contributed by atoms with Crippen molar-refractivity contribution in [1.82, 2.24) is 0 Å². The first-order valence-electron chi connectivity index (χ1n) is 11.2. The molecule has 2 nitrogen and oxygen atoms in total. The third-order valence-electron chi connectivity index (χ3n) is 6.17. The highest BCUT2D eigenvalue weighted by Crippen LogP contribution is 2.51. The first-order chi connectivity index (χ1) is 17.2. The third-order valence-corrected chi connectivity index (χ3v) is 10.2. The van der Waals surface area contributed by atoms with Crippen LogP contribution in [0.3, 0.4) is 0 Å². The predicted molar refractivity (Wildman–Crippen MR) is 140 cm³/mol. The Morgan fingerprint density at radius 2 is 0.917 bits per heavy atom. The zero-order valence-electron chi connectivity index (χ0n) is 19.7. The Kier molecular flexibility index (Phi) is 7.32. The van der Waals surface area contributed by atoms with Gasteiger partial charge in [0.05, 0.1) is 6.66 Å². The number of halogens is 3. The number of carbonyl (C=O) groups excluding carboxylic acids is 2. The molecule has 0 saturated carbocycles. The van der Waals surface area contributed by atoms with Crippen LogP contribution >= 0.6 is 7.26 Å². The van der Waals surface area contributed by atoms with Crippen LogP contribution in [0.4, 0.5) is 13.2 Å². The molecule has 0 radical (unpaired) electrons. The molecule has 0 aromatic heterocycles. The summed E-state index contributed by atoms with van der Waals surface area (Å²) in [6.07, 6.45) is 1.39. The van der Waals surface area contributed by atoms with Crippen molar-refractivity contribution in [2.75, 3.05) is 6.66 Å². The van der Waals surface area contributed by atoms with Gasteiger partial charge in [-0.05, 0) is 85.8 Å². The van der Waals surface area contributed by atoms with Gasteiger partial charge in [-0.3, -0.25) is 9.59 Å². The van der Waals surface area contributed by atoms with Gasteiger partial charge in [0, 0.05) is 16.7 Å². The van der Waals surface area contributed by atoms with Crippen LogP contribution in [0, 0.1) is 17.5 Å². The molecule has 0 atom stereocenters. The highest BCUT2D eigenvalue weighted by Gasteiger charge is 2.40. The Hall–Kier alpha value is -3.82. The van der Waals surface area contributed by atoms with E-state index in [1.165, 1.54) is 42.5 Å². The van der Waals surface area contributed by atoms with Crippen LogP contribution in [0.25, 0.3) is 0 Å². The molecular weight excluding hydrogens is 480 g/mol. The van der Waals surface area contributed by atoms with Crippen molar-refractivity contribution >= 4 is 34.7 Å². The number of rotatable bonds is 3. The second-order valence-corrected chi connectivity index (χ2v) is 12.1. The average Bonchev–Trinajstić information content (AvgIpc) is 2.88. The van der Waals surface area contributed by atoms with Crippen LogP contribution in [-0.4, -0.2) is 18.2 Å². The molecule has 180 valence electrons. The standard InChI is InChI=1S/C19H15F3P.C11H8O2/c1-23(17-8-2-14(20)3-9-17,18-10-4-15(21)5-11-18)19-12-6-16(22)7-13-19;1-7-6-10(12)8-4-2-3-5-9(8)11(7)13/h2-13H,1H3;2-6H,1H3/q+1;. The summed E-state index contributed by atoms with van der Waals surface area (Å²) in [5.41, 5.74) is 1.55. The molecule has 5 rings (SSSR count). The summed E-state index contributed by atoms with van der Waals surface area (Å²) in [7, 11) is -2.09. The maximum atomic E-state index is 13.3. The molecule has 4 aromatic rings. The van der Waals surface area contributed by atoms with Crippen LogP contribution in [0.15, 0.2) is 109 Å². The van der Waals surface area contributed by atoms with Crippen molar-refractivity contribution in [3.8, 4) is 0 Å². The lowest BCUT2D eigenvalue weighted by atomic mass is 9.90. The van der Waals surface area contributed by atoms with Gasteiger partial charge in [-0.2, -0.15) is 0 Å². The molecule has 0 saturated heterocycles. The van der Waals surface area contributed by atoms with E-state index >= 15 is 0 Å². The first-order valence-corrected chi connectivity index (χ1v) is 13.4. The molecule has 0 aliphatic heterocycles. The third kappa shape index (κ3) is 5.07. The molecule has 0 N–H and O–H groups in total. The topological polar surface area (TPSA) is 34.1 Å². The van der Waals surface area contributed by atoms with Crippen molar-refractivity contribution in [2.45, 2.75) is 6.92 Å². The van der Waals surface area contributed by atoms with Crippen LogP contribution < -0.4 is 15.9 Å². The van der Waals surface area contributed by atoms with Crippen LogP contribution in [0.2, 0.25) is 0 Å². The lowest BCUT2D eigenvalue weighted by molar-refractivity contribution is 0.0984. The van der Waals surface area contributed by atoms with Gasteiger partial charge in [0.2, 0.25) is 0 Å². The Morgan fingerprint density at radius 1 is 0.556 bits per heavy atom. The van der Waals surface area contributed by atoms with Gasteiger partial charge in [0.25, 0.3) is 0 Å². The summed E-state index contributed by atoms with van der Waals surface area (Å²) in [4.78, 5) is 23.0. The highest BCUT2D eigenvalue weighted by molar-refractivity contribution is 7.95. The summed E-state index contributed by atoms with van der Waals surface area (Å²) in [5, 5.41) is 2.87. The summed E-state index contributed by atoms with van der Waals surface area (Å²) < 4.78 is 39.9. The fourth-order valence-electron chi connectivity index (χ4n) is 4.11. The van der Waals surface area contributed by atoms with Gasteiger partial charge in [-0.1, -0.05) is 24.3 Å². The first kappa shape index (κ1) is 25.3. The number of benzene rings is 4. The monoisotopic (exact) mass is 503 g/mol. The van der Waals surface area contributed by atoms with Gasteiger partial charge in [-0.15, -0.1) is 0 Å². The SMILES string of the molecule is CC1=CC(=O)c2ccccc2C1=O.C[P+](c1ccc(F)cc1)(c1ccc(F)cc1)c1ccc(F)cc1. The molecule has 0 fully saturated rings. The van der Waals surface area contributed by atoms with E-state index in [1.807, 2.05) is 0 Å². The van der Waals surface area contributed by atoms with Crippen LogP contribution in [0.1, 0.15) is 27.6 Å². The minimum atomic E-state index is -2.09. The quantitative estimate of drug-likeness (QED) is 0.320. The second kappa shape index (κ2) is 10.4. The molecule has 0 heterocycles. The smallest absolute Gasteiger partial charge is 0.189 e. The minimum Gasteiger partial charge on any atom is -0.289 e. The predicted octanol–water partition coefficient (Wildman–Crippen LogP) is 6.04. The maximum Gasteiger partial charge on any atom is 0.189 e. The Labute approximate surface area is 208 Å². The van der Waals surface area contributed by atoms with Crippen molar-refractivity contribution in [3.63, 3.8) is 0 Å². The average molecular weight is 503 g/mol. The molecule has 1 aliphatic carbocycles.